The molecule has 25 heavy (non-hydrogen) atoms. The Balaban J connectivity index is -0.000000151. The van der Waals surface area contributed by atoms with E-state index in [-0.39, 0.29) is 12.1 Å². The number of hydrogen-bond donors (Lipinski definition) is 2. The molecule has 0 fully saturated rings. The van der Waals surface area contributed by atoms with Gasteiger partial charge in [-0.1, -0.05) is 117 Å². The molecule has 0 rings (SSSR count). The standard InChI is InChI=1S/C12H26.C8H18O.C2H6O.H2O/c1-3-5-7-9-11-12-10-8-6-4-2;1-2-3-4-5-6-7-8-9;1-2-3;/h3-12H2,1-2H3;9H,2-8H2,1H3;3H,2H2,1H3;1H2. The van der Waals surface area contributed by atoms with Crippen LogP contribution in [0.3, 0.4) is 0 Å². The van der Waals surface area contributed by atoms with E-state index in [9.17, 15) is 0 Å². The van der Waals surface area contributed by atoms with Gasteiger partial charge in [0.1, 0.15) is 0 Å². The van der Waals surface area contributed by atoms with Gasteiger partial charge in [0.05, 0.1) is 0 Å². The van der Waals surface area contributed by atoms with Crippen LogP contribution >= 0.6 is 0 Å². The molecule has 0 saturated carbocycles. The Morgan fingerprint density at radius 1 is 0.400 bits per heavy atom. The van der Waals surface area contributed by atoms with Gasteiger partial charge in [-0.15, -0.1) is 0 Å². The van der Waals surface area contributed by atoms with Crippen LogP contribution in [0.25, 0.3) is 0 Å². The molecule has 0 unspecified atom stereocenters. The van der Waals surface area contributed by atoms with E-state index in [1.54, 1.807) is 6.92 Å². The van der Waals surface area contributed by atoms with Crippen LogP contribution in [0.4, 0.5) is 0 Å². The fourth-order valence-corrected chi connectivity index (χ4v) is 2.45. The molecule has 3 heteroatoms. The third-order valence-electron chi connectivity index (χ3n) is 3.97. The van der Waals surface area contributed by atoms with Crippen molar-refractivity contribution in [2.75, 3.05) is 13.2 Å². The maximum atomic E-state index is 8.42. The van der Waals surface area contributed by atoms with Gasteiger partial charge in [0.2, 0.25) is 0 Å². The zero-order valence-corrected chi connectivity index (χ0v) is 18.1. The molecule has 0 saturated heterocycles. The van der Waals surface area contributed by atoms with Gasteiger partial charge >= 0.3 is 0 Å². The van der Waals surface area contributed by atoms with Crippen molar-refractivity contribution in [2.24, 2.45) is 0 Å². The lowest BCUT2D eigenvalue weighted by Crippen LogP contribution is -1.82. The molecule has 0 heterocycles. The number of aliphatic hydroxyl groups is 2. The first-order chi connectivity index (χ1) is 11.7. The van der Waals surface area contributed by atoms with Gasteiger partial charge in [0.15, 0.2) is 0 Å². The van der Waals surface area contributed by atoms with Gasteiger partial charge in [-0.3, -0.25) is 0 Å². The van der Waals surface area contributed by atoms with Gasteiger partial charge in [0.25, 0.3) is 0 Å². The van der Waals surface area contributed by atoms with E-state index in [1.807, 2.05) is 0 Å². The van der Waals surface area contributed by atoms with E-state index in [2.05, 4.69) is 20.8 Å². The molecule has 0 aliphatic heterocycles. The van der Waals surface area contributed by atoms with Crippen LogP contribution in [-0.4, -0.2) is 28.9 Å². The molecule has 0 spiro atoms. The topological polar surface area (TPSA) is 72.0 Å². The summed E-state index contributed by atoms with van der Waals surface area (Å²) in [6, 6.07) is 0. The average Bonchev–Trinajstić information content (AvgIpc) is 2.59. The van der Waals surface area contributed by atoms with E-state index in [1.165, 1.54) is 96.3 Å². The molecule has 0 atom stereocenters. The first kappa shape index (κ1) is 32.5. The predicted molar refractivity (Wildman–Crippen MR) is 114 cm³/mol. The molecular weight excluding hydrogens is 312 g/mol. The Kier molecular flexibility index (Phi) is 50.9. The highest BCUT2D eigenvalue weighted by Gasteiger charge is 1.90. The van der Waals surface area contributed by atoms with E-state index in [0.29, 0.717) is 6.61 Å². The molecule has 0 aliphatic rings. The Morgan fingerprint density at radius 3 is 0.800 bits per heavy atom. The number of rotatable bonds is 15. The lowest BCUT2D eigenvalue weighted by Gasteiger charge is -1.99. The third-order valence-corrected chi connectivity index (χ3v) is 3.97. The van der Waals surface area contributed by atoms with Gasteiger partial charge in [-0.25, -0.2) is 0 Å². The van der Waals surface area contributed by atoms with Crippen molar-refractivity contribution in [3.05, 3.63) is 0 Å². The SMILES string of the molecule is CCCCCCCCCCCC.CCCCCCCCO.CCO.O. The molecule has 0 aromatic heterocycles. The molecule has 4 N–H and O–H groups in total. The summed E-state index contributed by atoms with van der Waals surface area (Å²) in [5.74, 6) is 0. The molecule has 0 aliphatic carbocycles. The van der Waals surface area contributed by atoms with E-state index in [4.69, 9.17) is 10.2 Å². The van der Waals surface area contributed by atoms with Crippen LogP contribution in [0.1, 0.15) is 130 Å². The Morgan fingerprint density at radius 2 is 0.600 bits per heavy atom. The molecule has 0 amide bonds. The second kappa shape index (κ2) is 39.1. The van der Waals surface area contributed by atoms with Crippen LogP contribution in [0.15, 0.2) is 0 Å². The van der Waals surface area contributed by atoms with Crippen LogP contribution in [0.5, 0.6) is 0 Å². The number of aliphatic hydroxyl groups excluding tert-OH is 2. The van der Waals surface area contributed by atoms with Crippen LogP contribution in [-0.2, 0) is 0 Å². The van der Waals surface area contributed by atoms with Crippen molar-refractivity contribution in [1.82, 2.24) is 0 Å². The average molecular weight is 365 g/mol. The zero-order chi connectivity index (χ0) is 18.7. The molecular formula is C22H52O3. The Bertz CT molecular complexity index is 147. The minimum Gasteiger partial charge on any atom is -0.412 e. The lowest BCUT2D eigenvalue weighted by molar-refractivity contribution is 0.282. The van der Waals surface area contributed by atoms with Crippen molar-refractivity contribution in [1.29, 1.82) is 0 Å². The van der Waals surface area contributed by atoms with Gasteiger partial charge in [0, 0.05) is 13.2 Å². The summed E-state index contributed by atoms with van der Waals surface area (Å²) in [6.45, 7) is 9.07. The van der Waals surface area contributed by atoms with Crippen LogP contribution in [0, 0.1) is 0 Å². The Labute approximate surface area is 159 Å². The summed E-state index contributed by atoms with van der Waals surface area (Å²) < 4.78 is 0. The van der Waals surface area contributed by atoms with Crippen molar-refractivity contribution in [2.45, 2.75) is 130 Å². The second-order valence-corrected chi connectivity index (χ2v) is 6.64. The van der Waals surface area contributed by atoms with E-state index < -0.39 is 0 Å². The highest BCUT2D eigenvalue weighted by Crippen LogP contribution is 2.09. The number of unbranched alkanes of at least 4 members (excludes halogenated alkanes) is 14. The molecule has 3 nitrogen and oxygen atoms in total. The van der Waals surface area contributed by atoms with E-state index in [0.717, 1.165) is 6.42 Å². The van der Waals surface area contributed by atoms with Crippen molar-refractivity contribution < 1.29 is 15.7 Å². The first-order valence-electron chi connectivity index (χ1n) is 11.0. The molecule has 0 aromatic rings. The summed E-state index contributed by atoms with van der Waals surface area (Å²) in [4.78, 5) is 0. The zero-order valence-electron chi connectivity index (χ0n) is 18.1. The highest BCUT2D eigenvalue weighted by atomic mass is 16.3. The smallest absolute Gasteiger partial charge is 0.0431 e. The van der Waals surface area contributed by atoms with Crippen LogP contribution < -0.4 is 0 Å². The van der Waals surface area contributed by atoms with Crippen molar-refractivity contribution >= 4 is 0 Å². The summed E-state index contributed by atoms with van der Waals surface area (Å²) in [5.41, 5.74) is 0. The quantitative estimate of drug-likeness (QED) is 0.328. The maximum Gasteiger partial charge on any atom is 0.0431 e. The fourth-order valence-electron chi connectivity index (χ4n) is 2.45. The van der Waals surface area contributed by atoms with E-state index >= 15 is 0 Å². The Hall–Kier alpha value is -0.120. The molecule has 0 aromatic carbocycles. The van der Waals surface area contributed by atoms with Crippen molar-refractivity contribution in [3.8, 4) is 0 Å². The summed E-state index contributed by atoms with van der Waals surface area (Å²) >= 11 is 0. The normalized spacial score (nSPS) is 9.36. The maximum absolute atomic E-state index is 8.42. The van der Waals surface area contributed by atoms with Gasteiger partial charge < -0.3 is 15.7 Å². The molecule has 0 bridgehead atoms. The van der Waals surface area contributed by atoms with Gasteiger partial charge in [-0.2, -0.15) is 0 Å². The minimum absolute atomic E-state index is 0. The van der Waals surface area contributed by atoms with Gasteiger partial charge in [-0.05, 0) is 13.3 Å². The number of hydrogen-bond acceptors (Lipinski definition) is 2. The predicted octanol–water partition coefficient (Wildman–Crippen LogP) is 6.44. The second-order valence-electron chi connectivity index (χ2n) is 6.64. The van der Waals surface area contributed by atoms with Crippen LogP contribution in [0.2, 0.25) is 0 Å². The lowest BCUT2D eigenvalue weighted by atomic mass is 10.1. The summed E-state index contributed by atoms with van der Waals surface area (Å²) in [5, 5.41) is 16.0. The summed E-state index contributed by atoms with van der Waals surface area (Å²) in [6.07, 6.45) is 21.9. The third kappa shape index (κ3) is 51.6. The first-order valence-corrected chi connectivity index (χ1v) is 11.0. The summed E-state index contributed by atoms with van der Waals surface area (Å²) in [7, 11) is 0. The van der Waals surface area contributed by atoms with Crippen molar-refractivity contribution in [3.63, 3.8) is 0 Å². The molecule has 158 valence electrons. The highest BCUT2D eigenvalue weighted by molar-refractivity contribution is 4.45. The minimum atomic E-state index is 0. The monoisotopic (exact) mass is 364 g/mol. The fraction of sp³-hybridized carbons (Fsp3) is 1.00. The largest absolute Gasteiger partial charge is 0.412 e. The molecule has 0 radical (unpaired) electrons.